The zero-order valence-electron chi connectivity index (χ0n) is 17.3. The quantitative estimate of drug-likeness (QED) is 0.282. The Morgan fingerprint density at radius 3 is 2.47 bits per heavy atom. The van der Waals surface area contributed by atoms with Crippen LogP contribution in [0.2, 0.25) is 10.0 Å². The van der Waals surface area contributed by atoms with Crippen LogP contribution in [0.15, 0.2) is 71.8 Å². The van der Waals surface area contributed by atoms with E-state index in [9.17, 15) is 9.59 Å². The van der Waals surface area contributed by atoms with Crippen molar-refractivity contribution in [2.24, 2.45) is 5.10 Å². The van der Waals surface area contributed by atoms with E-state index >= 15 is 0 Å². The number of hydrogen-bond acceptors (Lipinski definition) is 4. The van der Waals surface area contributed by atoms with E-state index in [1.165, 1.54) is 6.21 Å². The number of hydrogen-bond donors (Lipinski definition) is 2. The molecule has 2 amide bonds. The van der Waals surface area contributed by atoms with Gasteiger partial charge in [-0.25, -0.2) is 5.43 Å². The first-order valence-corrected chi connectivity index (χ1v) is 10.6. The average Bonchev–Trinajstić information content (AvgIpc) is 2.80. The molecule has 164 valence electrons. The van der Waals surface area contributed by atoms with E-state index in [1.54, 1.807) is 42.5 Å². The van der Waals surface area contributed by atoms with E-state index < -0.39 is 11.8 Å². The van der Waals surface area contributed by atoms with Crippen LogP contribution in [0.3, 0.4) is 0 Å². The number of benzene rings is 3. The number of anilines is 1. The fourth-order valence-electron chi connectivity index (χ4n) is 2.80. The van der Waals surface area contributed by atoms with Crippen LogP contribution in [0, 0.1) is 0 Å². The molecule has 0 atom stereocenters. The van der Waals surface area contributed by atoms with Gasteiger partial charge in [-0.2, -0.15) is 5.10 Å². The molecule has 8 heteroatoms. The molecule has 0 heterocycles. The number of rotatable bonds is 7. The lowest BCUT2D eigenvalue weighted by molar-refractivity contribution is -0.136. The minimum absolute atomic E-state index is 0.344. The van der Waals surface area contributed by atoms with Gasteiger partial charge in [-0.05, 0) is 59.5 Å². The molecular weight excluding hydrogens is 449 g/mol. The number of aryl methyl sites for hydroxylation is 1. The molecule has 0 unspecified atom stereocenters. The summed E-state index contributed by atoms with van der Waals surface area (Å²) < 4.78 is 5.73. The van der Waals surface area contributed by atoms with Crippen molar-refractivity contribution < 1.29 is 14.3 Å². The van der Waals surface area contributed by atoms with E-state index in [-0.39, 0.29) is 0 Å². The topological polar surface area (TPSA) is 79.8 Å². The normalized spacial score (nSPS) is 10.7. The fourth-order valence-corrected chi connectivity index (χ4v) is 3.17. The third-order valence-electron chi connectivity index (χ3n) is 4.50. The van der Waals surface area contributed by atoms with Crippen molar-refractivity contribution >= 4 is 46.9 Å². The highest BCUT2D eigenvalue weighted by Crippen LogP contribution is 2.26. The van der Waals surface area contributed by atoms with Gasteiger partial charge in [-0.1, -0.05) is 60.5 Å². The molecule has 0 aliphatic rings. The molecule has 0 saturated carbocycles. The minimum Gasteiger partial charge on any atom is -0.487 e. The molecule has 0 fully saturated rings. The second kappa shape index (κ2) is 11.3. The largest absolute Gasteiger partial charge is 0.487 e. The lowest BCUT2D eigenvalue weighted by Crippen LogP contribution is -2.32. The van der Waals surface area contributed by atoms with Gasteiger partial charge in [0, 0.05) is 10.7 Å². The Labute approximate surface area is 196 Å². The summed E-state index contributed by atoms with van der Waals surface area (Å²) in [5.41, 5.74) is 5.33. The molecule has 32 heavy (non-hydrogen) atoms. The van der Waals surface area contributed by atoms with Crippen molar-refractivity contribution in [3.05, 3.63) is 93.5 Å². The first-order chi connectivity index (χ1) is 15.5. The smallest absolute Gasteiger partial charge is 0.329 e. The van der Waals surface area contributed by atoms with Crippen LogP contribution < -0.4 is 15.5 Å². The predicted molar refractivity (Wildman–Crippen MR) is 127 cm³/mol. The van der Waals surface area contributed by atoms with Gasteiger partial charge in [0.2, 0.25) is 0 Å². The maximum atomic E-state index is 12.1. The third kappa shape index (κ3) is 6.57. The van der Waals surface area contributed by atoms with E-state index in [0.29, 0.717) is 33.7 Å². The van der Waals surface area contributed by atoms with Crippen LogP contribution >= 0.6 is 23.2 Å². The Kier molecular flexibility index (Phi) is 8.25. The summed E-state index contributed by atoms with van der Waals surface area (Å²) in [5.74, 6) is -1.16. The molecular formula is C24H21Cl2N3O3. The summed E-state index contributed by atoms with van der Waals surface area (Å²) in [7, 11) is 0. The number of hydrazone groups is 1. The standard InChI is InChI=1S/C24H21Cl2N3O3/c1-2-18-5-3-4-6-21(18)28-23(30)24(31)29-27-14-17-9-12-22(20(26)13-17)32-15-16-7-10-19(25)11-8-16/h3-14H,2,15H2,1H3,(H,28,30)(H,29,31)/b27-14-. The Morgan fingerprint density at radius 1 is 1.00 bits per heavy atom. The van der Waals surface area contributed by atoms with Gasteiger partial charge in [0.1, 0.15) is 12.4 Å². The maximum absolute atomic E-state index is 12.1. The molecule has 6 nitrogen and oxygen atoms in total. The Morgan fingerprint density at radius 2 is 1.75 bits per heavy atom. The highest BCUT2D eigenvalue weighted by Gasteiger charge is 2.14. The highest BCUT2D eigenvalue weighted by atomic mass is 35.5. The SMILES string of the molecule is CCc1ccccc1NC(=O)C(=O)N/N=C\c1ccc(OCc2ccc(Cl)cc2)c(Cl)c1. The molecule has 3 aromatic carbocycles. The number of carbonyl (C=O) groups excluding carboxylic acids is 2. The molecule has 0 saturated heterocycles. The van der Waals surface area contributed by atoms with E-state index in [0.717, 1.165) is 17.5 Å². The number of amides is 2. The number of carbonyl (C=O) groups is 2. The molecule has 0 aliphatic heterocycles. The van der Waals surface area contributed by atoms with E-state index in [2.05, 4.69) is 15.8 Å². The van der Waals surface area contributed by atoms with Crippen LogP contribution in [0.1, 0.15) is 23.6 Å². The number of nitrogens with one attached hydrogen (secondary N) is 2. The maximum Gasteiger partial charge on any atom is 0.329 e. The molecule has 0 aromatic heterocycles. The molecule has 3 aromatic rings. The van der Waals surface area contributed by atoms with Crippen molar-refractivity contribution in [1.82, 2.24) is 5.43 Å². The average molecular weight is 470 g/mol. The van der Waals surface area contributed by atoms with Crippen LogP contribution in [0.5, 0.6) is 5.75 Å². The number of nitrogens with zero attached hydrogens (tertiary/aromatic N) is 1. The van der Waals surface area contributed by atoms with Gasteiger partial charge in [0.25, 0.3) is 0 Å². The van der Waals surface area contributed by atoms with Gasteiger partial charge in [0.05, 0.1) is 11.2 Å². The number of halogens is 2. The molecule has 0 radical (unpaired) electrons. The minimum atomic E-state index is -0.874. The summed E-state index contributed by atoms with van der Waals surface area (Å²) in [5, 5.41) is 7.46. The van der Waals surface area contributed by atoms with Gasteiger partial charge in [0.15, 0.2) is 0 Å². The zero-order valence-corrected chi connectivity index (χ0v) is 18.8. The molecule has 0 spiro atoms. The number of para-hydroxylation sites is 1. The second-order valence-electron chi connectivity index (χ2n) is 6.77. The first-order valence-electron chi connectivity index (χ1n) is 9.85. The highest BCUT2D eigenvalue weighted by molar-refractivity contribution is 6.39. The van der Waals surface area contributed by atoms with E-state index in [4.69, 9.17) is 27.9 Å². The van der Waals surface area contributed by atoms with Crippen LogP contribution in [-0.4, -0.2) is 18.0 Å². The lowest BCUT2D eigenvalue weighted by atomic mass is 10.1. The van der Waals surface area contributed by atoms with Crippen molar-refractivity contribution in [2.75, 3.05) is 5.32 Å². The molecule has 3 rings (SSSR count). The van der Waals surface area contributed by atoms with Crippen molar-refractivity contribution in [2.45, 2.75) is 20.0 Å². The summed E-state index contributed by atoms with van der Waals surface area (Å²) in [4.78, 5) is 24.1. The lowest BCUT2D eigenvalue weighted by Gasteiger charge is -2.09. The predicted octanol–water partition coefficient (Wildman–Crippen LogP) is 5.22. The Balaban J connectivity index is 1.53. The monoisotopic (exact) mass is 469 g/mol. The second-order valence-corrected chi connectivity index (χ2v) is 7.61. The van der Waals surface area contributed by atoms with Crippen LogP contribution in [-0.2, 0) is 22.6 Å². The summed E-state index contributed by atoms with van der Waals surface area (Å²) >= 11 is 12.1. The van der Waals surface area contributed by atoms with E-state index in [1.807, 2.05) is 31.2 Å². The Hall–Kier alpha value is -3.35. The summed E-state index contributed by atoms with van der Waals surface area (Å²) in [6.45, 7) is 2.31. The molecule has 0 aliphatic carbocycles. The fraction of sp³-hybridized carbons (Fsp3) is 0.125. The Bertz CT molecular complexity index is 1130. The van der Waals surface area contributed by atoms with Crippen molar-refractivity contribution in [1.29, 1.82) is 0 Å². The van der Waals surface area contributed by atoms with Crippen molar-refractivity contribution in [3.8, 4) is 5.75 Å². The number of ether oxygens (including phenoxy) is 1. The summed E-state index contributed by atoms with van der Waals surface area (Å²) in [6, 6.07) is 19.7. The van der Waals surface area contributed by atoms with Gasteiger partial charge < -0.3 is 10.1 Å². The zero-order chi connectivity index (χ0) is 22.9. The van der Waals surface area contributed by atoms with Gasteiger partial charge in [-0.15, -0.1) is 0 Å². The first kappa shape index (κ1) is 23.3. The summed E-state index contributed by atoms with van der Waals surface area (Å²) in [6.07, 6.45) is 2.12. The van der Waals surface area contributed by atoms with Crippen molar-refractivity contribution in [3.63, 3.8) is 0 Å². The van der Waals surface area contributed by atoms with Crippen LogP contribution in [0.25, 0.3) is 0 Å². The van der Waals surface area contributed by atoms with Crippen LogP contribution in [0.4, 0.5) is 5.69 Å². The van der Waals surface area contributed by atoms with Gasteiger partial charge in [-0.3, -0.25) is 9.59 Å². The molecule has 2 N–H and O–H groups in total. The molecule has 0 bridgehead atoms. The third-order valence-corrected chi connectivity index (χ3v) is 5.04. The van der Waals surface area contributed by atoms with Gasteiger partial charge >= 0.3 is 11.8 Å².